The molecule has 0 unspecified atom stereocenters. The summed E-state index contributed by atoms with van der Waals surface area (Å²) >= 11 is 1.24. The van der Waals surface area contributed by atoms with Crippen LogP contribution in [0.15, 0.2) is 30.0 Å². The number of imidazole rings is 1. The van der Waals surface area contributed by atoms with Crippen LogP contribution in [0.1, 0.15) is 26.9 Å². The maximum Gasteiger partial charge on any atom is 0.275 e. The van der Waals surface area contributed by atoms with E-state index in [1.54, 1.807) is 24.0 Å². The van der Waals surface area contributed by atoms with Crippen molar-refractivity contribution in [2.24, 2.45) is 0 Å². The molecule has 0 radical (unpaired) electrons. The molecule has 0 spiro atoms. The second-order valence-corrected chi connectivity index (χ2v) is 5.87. The zero-order valence-corrected chi connectivity index (χ0v) is 13.5. The molecule has 0 aliphatic heterocycles. The van der Waals surface area contributed by atoms with Crippen LogP contribution in [0.3, 0.4) is 0 Å². The van der Waals surface area contributed by atoms with E-state index >= 15 is 0 Å². The van der Waals surface area contributed by atoms with Crippen LogP contribution < -0.4 is 5.32 Å². The molecular weight excluding hydrogens is 314 g/mol. The molecule has 3 aromatic heterocycles. The van der Waals surface area contributed by atoms with Gasteiger partial charge in [0, 0.05) is 11.1 Å². The number of hydrogen-bond donors (Lipinski definition) is 2. The van der Waals surface area contributed by atoms with Gasteiger partial charge >= 0.3 is 0 Å². The van der Waals surface area contributed by atoms with Crippen LogP contribution >= 0.6 is 11.3 Å². The highest BCUT2D eigenvalue weighted by Gasteiger charge is 2.11. The Bertz CT molecular complexity index is 838. The summed E-state index contributed by atoms with van der Waals surface area (Å²) in [5.41, 5.74) is 2.83. The second kappa shape index (κ2) is 6.27. The molecule has 0 aliphatic carbocycles. The van der Waals surface area contributed by atoms with E-state index in [1.165, 1.54) is 11.3 Å². The first kappa shape index (κ1) is 15.3. The molecular formula is C15H15N5O2S. The van der Waals surface area contributed by atoms with Gasteiger partial charge < -0.3 is 10.4 Å². The summed E-state index contributed by atoms with van der Waals surface area (Å²) in [5, 5.41) is 13.8. The molecule has 0 fully saturated rings. The van der Waals surface area contributed by atoms with Gasteiger partial charge in [-0.15, -0.1) is 11.3 Å². The van der Waals surface area contributed by atoms with Crippen molar-refractivity contribution in [3.8, 4) is 5.82 Å². The van der Waals surface area contributed by atoms with E-state index in [2.05, 4.69) is 20.3 Å². The highest BCUT2D eigenvalue weighted by Crippen LogP contribution is 2.15. The molecule has 8 heteroatoms. The number of aliphatic hydroxyl groups is 1. The SMILES string of the molecule is Cc1ncn(-c2ccc(NC(=O)c3csc(CO)n3)cn2)c1C. The Morgan fingerprint density at radius 2 is 2.17 bits per heavy atom. The number of aryl methyl sites for hydroxylation is 1. The van der Waals surface area contributed by atoms with Gasteiger partial charge in [0.25, 0.3) is 5.91 Å². The van der Waals surface area contributed by atoms with Crippen molar-refractivity contribution in [3.63, 3.8) is 0 Å². The van der Waals surface area contributed by atoms with Gasteiger partial charge in [0.1, 0.15) is 22.8 Å². The van der Waals surface area contributed by atoms with Crippen molar-refractivity contribution in [2.75, 3.05) is 5.32 Å². The normalized spacial score (nSPS) is 10.7. The van der Waals surface area contributed by atoms with E-state index < -0.39 is 0 Å². The number of aromatic nitrogens is 4. The molecule has 3 rings (SSSR count). The minimum Gasteiger partial charge on any atom is -0.389 e. The van der Waals surface area contributed by atoms with Crippen molar-refractivity contribution in [1.29, 1.82) is 0 Å². The number of nitrogens with zero attached hydrogens (tertiary/aromatic N) is 4. The summed E-state index contributed by atoms with van der Waals surface area (Å²) in [6, 6.07) is 3.58. The Balaban J connectivity index is 1.74. The third-order valence-corrected chi connectivity index (χ3v) is 4.26. The van der Waals surface area contributed by atoms with Gasteiger partial charge in [-0.1, -0.05) is 0 Å². The number of pyridine rings is 1. The van der Waals surface area contributed by atoms with Gasteiger partial charge in [0.05, 0.1) is 24.2 Å². The van der Waals surface area contributed by atoms with E-state index in [0.29, 0.717) is 10.7 Å². The van der Waals surface area contributed by atoms with E-state index in [9.17, 15) is 4.79 Å². The first-order valence-electron chi connectivity index (χ1n) is 6.92. The topological polar surface area (TPSA) is 92.9 Å². The van der Waals surface area contributed by atoms with Crippen LogP contribution in [-0.2, 0) is 6.61 Å². The Morgan fingerprint density at radius 1 is 1.35 bits per heavy atom. The Morgan fingerprint density at radius 3 is 2.74 bits per heavy atom. The number of rotatable bonds is 4. The number of carbonyl (C=O) groups is 1. The van der Waals surface area contributed by atoms with E-state index in [-0.39, 0.29) is 18.2 Å². The summed E-state index contributed by atoms with van der Waals surface area (Å²) in [7, 11) is 0. The Kier molecular flexibility index (Phi) is 4.18. The Hall–Kier alpha value is -2.58. The van der Waals surface area contributed by atoms with Crippen molar-refractivity contribution in [2.45, 2.75) is 20.5 Å². The maximum atomic E-state index is 12.1. The number of carbonyl (C=O) groups excluding carboxylic acids is 1. The first-order valence-corrected chi connectivity index (χ1v) is 7.80. The highest BCUT2D eigenvalue weighted by atomic mass is 32.1. The van der Waals surface area contributed by atoms with Gasteiger partial charge in [-0.05, 0) is 26.0 Å². The van der Waals surface area contributed by atoms with Gasteiger partial charge in [-0.3, -0.25) is 9.36 Å². The average molecular weight is 329 g/mol. The van der Waals surface area contributed by atoms with Crippen LogP contribution in [0.4, 0.5) is 5.69 Å². The number of aliphatic hydroxyl groups excluding tert-OH is 1. The molecule has 1 amide bonds. The maximum absolute atomic E-state index is 12.1. The predicted molar refractivity (Wildman–Crippen MR) is 86.8 cm³/mol. The van der Waals surface area contributed by atoms with Gasteiger partial charge in [0.2, 0.25) is 0 Å². The smallest absolute Gasteiger partial charge is 0.275 e. The first-order chi connectivity index (χ1) is 11.1. The molecule has 0 atom stereocenters. The lowest BCUT2D eigenvalue weighted by molar-refractivity contribution is 0.102. The van der Waals surface area contributed by atoms with Gasteiger partial charge in [-0.2, -0.15) is 0 Å². The standard InChI is InChI=1S/C15H15N5O2S/c1-9-10(2)20(8-17-9)13-4-3-11(5-16-13)18-15(22)12-7-23-14(6-21)19-12/h3-5,7-8,21H,6H2,1-2H3,(H,18,22). The number of thiazole rings is 1. The molecule has 0 saturated heterocycles. The van der Waals surface area contributed by atoms with Crippen molar-refractivity contribution < 1.29 is 9.90 Å². The summed E-state index contributed by atoms with van der Waals surface area (Å²) in [6.07, 6.45) is 3.30. The molecule has 7 nitrogen and oxygen atoms in total. The number of nitrogens with one attached hydrogen (secondary N) is 1. The third kappa shape index (κ3) is 3.13. The molecule has 118 valence electrons. The zero-order chi connectivity index (χ0) is 16.4. The van der Waals surface area contributed by atoms with Crippen LogP contribution in [0.5, 0.6) is 0 Å². The van der Waals surface area contributed by atoms with E-state index in [4.69, 9.17) is 5.11 Å². The van der Waals surface area contributed by atoms with Crippen molar-refractivity contribution >= 4 is 22.9 Å². The molecule has 23 heavy (non-hydrogen) atoms. The van der Waals surface area contributed by atoms with Gasteiger partial charge in [-0.25, -0.2) is 15.0 Å². The Labute approximate surface area is 136 Å². The monoisotopic (exact) mass is 329 g/mol. The largest absolute Gasteiger partial charge is 0.389 e. The molecule has 3 heterocycles. The predicted octanol–water partition coefficient (Wildman–Crippen LogP) is 2.09. The summed E-state index contributed by atoms with van der Waals surface area (Å²) in [4.78, 5) is 24.7. The summed E-state index contributed by atoms with van der Waals surface area (Å²) in [6.45, 7) is 3.74. The lowest BCUT2D eigenvalue weighted by Gasteiger charge is -2.07. The zero-order valence-electron chi connectivity index (χ0n) is 12.6. The molecule has 0 saturated carbocycles. The van der Waals surface area contributed by atoms with Crippen LogP contribution in [0.25, 0.3) is 5.82 Å². The van der Waals surface area contributed by atoms with Crippen molar-refractivity contribution in [3.05, 3.63) is 52.1 Å². The lowest BCUT2D eigenvalue weighted by Crippen LogP contribution is -2.13. The minimum atomic E-state index is -0.329. The molecule has 2 N–H and O–H groups in total. The lowest BCUT2D eigenvalue weighted by atomic mass is 10.3. The minimum absolute atomic E-state index is 0.169. The van der Waals surface area contributed by atoms with Gasteiger partial charge in [0.15, 0.2) is 0 Å². The fraction of sp³-hybridized carbons (Fsp3) is 0.200. The van der Waals surface area contributed by atoms with E-state index in [1.807, 2.05) is 24.5 Å². The fourth-order valence-corrected chi connectivity index (χ4v) is 2.65. The van der Waals surface area contributed by atoms with Crippen molar-refractivity contribution in [1.82, 2.24) is 19.5 Å². The van der Waals surface area contributed by atoms with Crippen LogP contribution in [0, 0.1) is 13.8 Å². The molecule has 3 aromatic rings. The summed E-state index contributed by atoms with van der Waals surface area (Å²) < 4.78 is 1.88. The van der Waals surface area contributed by atoms with Crippen LogP contribution in [0.2, 0.25) is 0 Å². The fourth-order valence-electron chi connectivity index (χ4n) is 2.02. The summed E-state index contributed by atoms with van der Waals surface area (Å²) in [5.74, 6) is 0.405. The third-order valence-electron chi connectivity index (χ3n) is 3.42. The number of anilines is 1. The molecule has 0 aromatic carbocycles. The number of amides is 1. The van der Waals surface area contributed by atoms with Crippen LogP contribution in [-0.4, -0.2) is 30.5 Å². The van der Waals surface area contributed by atoms with E-state index in [0.717, 1.165) is 17.2 Å². The highest BCUT2D eigenvalue weighted by molar-refractivity contribution is 7.09. The molecule has 0 aliphatic rings. The molecule has 0 bridgehead atoms. The average Bonchev–Trinajstić information content (AvgIpc) is 3.16. The second-order valence-electron chi connectivity index (χ2n) is 4.93. The quantitative estimate of drug-likeness (QED) is 0.764. The number of hydrogen-bond acceptors (Lipinski definition) is 6.